The average molecular weight is 349 g/mol. The Hall–Kier alpha value is -2.28. The number of anilines is 2. The molecule has 1 aromatic carbocycles. The fraction of sp³-hybridized carbons (Fsp3) is 0.556. The molecule has 1 rings (SSSR count). The molecule has 0 aliphatic rings. The second kappa shape index (κ2) is 9.88. The third kappa shape index (κ3) is 7.01. The van der Waals surface area contributed by atoms with Crippen LogP contribution >= 0.6 is 0 Å². The molecule has 7 heteroatoms. The number of nitrogens with one attached hydrogen (secondary N) is 2. The first-order chi connectivity index (χ1) is 11.7. The Morgan fingerprint density at radius 3 is 2.28 bits per heavy atom. The average Bonchev–Trinajstić information content (AvgIpc) is 2.50. The molecule has 0 radical (unpaired) electrons. The Bertz CT molecular complexity index is 587. The van der Waals surface area contributed by atoms with Gasteiger partial charge in [-0.1, -0.05) is 0 Å². The van der Waals surface area contributed by atoms with Crippen LogP contribution in [0.1, 0.15) is 19.4 Å². The van der Waals surface area contributed by atoms with Gasteiger partial charge in [-0.25, -0.2) is 4.79 Å². The van der Waals surface area contributed by atoms with Crippen LogP contribution in [0.2, 0.25) is 0 Å². The number of amides is 3. The van der Waals surface area contributed by atoms with Gasteiger partial charge in [-0.15, -0.1) is 0 Å². The van der Waals surface area contributed by atoms with Crippen molar-refractivity contribution in [3.8, 4) is 0 Å². The van der Waals surface area contributed by atoms with Gasteiger partial charge in [-0.05, 0) is 44.8 Å². The zero-order chi connectivity index (χ0) is 19.0. The molecule has 3 amide bonds. The van der Waals surface area contributed by atoms with Crippen molar-refractivity contribution in [2.75, 3.05) is 58.0 Å². The molecule has 0 saturated heterocycles. The Balaban J connectivity index is 3.02. The van der Waals surface area contributed by atoms with Crippen LogP contribution in [-0.4, -0.2) is 69.6 Å². The van der Waals surface area contributed by atoms with Crippen LogP contribution < -0.4 is 15.5 Å². The van der Waals surface area contributed by atoms with E-state index >= 15 is 0 Å². The van der Waals surface area contributed by atoms with Crippen molar-refractivity contribution in [3.63, 3.8) is 0 Å². The summed E-state index contributed by atoms with van der Waals surface area (Å²) < 4.78 is 0. The third-order valence-corrected chi connectivity index (χ3v) is 3.78. The Labute approximate surface area is 151 Å². The summed E-state index contributed by atoms with van der Waals surface area (Å²) in [5, 5.41) is 5.53. The van der Waals surface area contributed by atoms with Gasteiger partial charge >= 0.3 is 6.03 Å². The van der Waals surface area contributed by atoms with Crippen LogP contribution in [0.3, 0.4) is 0 Å². The largest absolute Gasteiger partial charge is 0.377 e. The van der Waals surface area contributed by atoms with Gasteiger partial charge in [0.05, 0.1) is 0 Å². The van der Waals surface area contributed by atoms with E-state index < -0.39 is 0 Å². The number of hydrogen-bond acceptors (Lipinski definition) is 4. The molecule has 0 atom stereocenters. The quantitative estimate of drug-likeness (QED) is 0.751. The van der Waals surface area contributed by atoms with Crippen molar-refractivity contribution >= 4 is 23.3 Å². The fourth-order valence-corrected chi connectivity index (χ4v) is 2.44. The van der Waals surface area contributed by atoms with Gasteiger partial charge in [0.2, 0.25) is 5.91 Å². The second-order valence-electron chi connectivity index (χ2n) is 6.47. The number of hydrogen-bond donors (Lipinski definition) is 2. The molecule has 25 heavy (non-hydrogen) atoms. The molecule has 0 aromatic heterocycles. The van der Waals surface area contributed by atoms with Crippen LogP contribution in [0.4, 0.5) is 16.2 Å². The summed E-state index contributed by atoms with van der Waals surface area (Å²) in [4.78, 5) is 29.6. The molecule has 0 fully saturated rings. The summed E-state index contributed by atoms with van der Waals surface area (Å²) in [7, 11) is 7.90. The van der Waals surface area contributed by atoms with E-state index in [1.807, 2.05) is 63.1 Å². The lowest BCUT2D eigenvalue weighted by Gasteiger charge is -2.26. The molecule has 0 aliphatic heterocycles. The van der Waals surface area contributed by atoms with Crippen molar-refractivity contribution in [2.24, 2.45) is 0 Å². The minimum Gasteiger partial charge on any atom is -0.377 e. The summed E-state index contributed by atoms with van der Waals surface area (Å²) in [6, 6.07) is 5.52. The lowest BCUT2D eigenvalue weighted by atomic mass is 10.1. The highest BCUT2D eigenvalue weighted by atomic mass is 16.2. The maximum absolute atomic E-state index is 12.0. The predicted molar refractivity (Wildman–Crippen MR) is 103 cm³/mol. The summed E-state index contributed by atoms with van der Waals surface area (Å²) in [5.74, 6) is 0.0358. The number of urea groups is 1. The van der Waals surface area contributed by atoms with E-state index in [2.05, 4.69) is 15.5 Å². The zero-order valence-corrected chi connectivity index (χ0v) is 16.2. The standard InChI is InChI=1S/C18H31N5O2/c1-7-19-18(25)20-16-8-9-17(22(5)6)15(12-16)13-23(14(2)24)11-10-21(3)4/h8-9,12H,7,10-11,13H2,1-6H3,(H2,19,20,25). The monoisotopic (exact) mass is 349 g/mol. The van der Waals surface area contributed by atoms with Crippen LogP contribution in [-0.2, 0) is 11.3 Å². The first-order valence-electron chi connectivity index (χ1n) is 8.50. The number of carbonyl (C=O) groups excluding carboxylic acids is 2. The highest BCUT2D eigenvalue weighted by Gasteiger charge is 2.14. The predicted octanol–water partition coefficient (Wildman–Crippen LogP) is 1.80. The normalized spacial score (nSPS) is 10.5. The lowest BCUT2D eigenvalue weighted by Crippen LogP contribution is -2.35. The molecule has 0 heterocycles. The van der Waals surface area contributed by atoms with E-state index in [9.17, 15) is 9.59 Å². The van der Waals surface area contributed by atoms with Gasteiger partial charge < -0.3 is 25.3 Å². The molecule has 2 N–H and O–H groups in total. The van der Waals surface area contributed by atoms with E-state index in [1.54, 1.807) is 6.92 Å². The number of likely N-dealkylation sites (N-methyl/N-ethyl adjacent to an activating group) is 1. The van der Waals surface area contributed by atoms with Crippen molar-refractivity contribution in [1.29, 1.82) is 0 Å². The molecule has 0 spiro atoms. The van der Waals surface area contributed by atoms with Crippen molar-refractivity contribution in [1.82, 2.24) is 15.1 Å². The molecular formula is C18H31N5O2. The van der Waals surface area contributed by atoms with E-state index in [1.165, 1.54) is 0 Å². The fourth-order valence-electron chi connectivity index (χ4n) is 2.44. The Morgan fingerprint density at radius 2 is 1.76 bits per heavy atom. The number of nitrogens with zero attached hydrogens (tertiary/aromatic N) is 3. The Morgan fingerprint density at radius 1 is 1.08 bits per heavy atom. The zero-order valence-electron chi connectivity index (χ0n) is 16.2. The number of carbonyl (C=O) groups is 2. The van der Waals surface area contributed by atoms with Crippen LogP contribution in [0, 0.1) is 0 Å². The first kappa shape index (κ1) is 20.8. The van der Waals surface area contributed by atoms with Gasteiger partial charge in [0, 0.05) is 58.6 Å². The molecule has 140 valence electrons. The van der Waals surface area contributed by atoms with Gasteiger partial charge in [0.15, 0.2) is 0 Å². The molecule has 0 bridgehead atoms. The lowest BCUT2D eigenvalue weighted by molar-refractivity contribution is -0.129. The van der Waals surface area contributed by atoms with Gasteiger partial charge in [0.1, 0.15) is 0 Å². The first-order valence-corrected chi connectivity index (χ1v) is 8.50. The molecule has 0 unspecified atom stereocenters. The van der Waals surface area contributed by atoms with Crippen molar-refractivity contribution < 1.29 is 9.59 Å². The topological polar surface area (TPSA) is 67.9 Å². The van der Waals surface area contributed by atoms with E-state index in [0.717, 1.165) is 17.8 Å². The number of benzene rings is 1. The van der Waals surface area contributed by atoms with Gasteiger partial charge in [-0.2, -0.15) is 0 Å². The highest BCUT2D eigenvalue weighted by Crippen LogP contribution is 2.24. The molecule has 0 saturated carbocycles. The SMILES string of the molecule is CCNC(=O)Nc1ccc(N(C)C)c(CN(CCN(C)C)C(C)=O)c1. The number of rotatable bonds is 8. The van der Waals surface area contributed by atoms with Gasteiger partial charge in [-0.3, -0.25) is 4.79 Å². The maximum Gasteiger partial charge on any atom is 0.319 e. The van der Waals surface area contributed by atoms with Crippen LogP contribution in [0.25, 0.3) is 0 Å². The molecular weight excluding hydrogens is 318 g/mol. The summed E-state index contributed by atoms with van der Waals surface area (Å²) in [5.41, 5.74) is 2.73. The maximum atomic E-state index is 12.0. The minimum atomic E-state index is -0.234. The van der Waals surface area contributed by atoms with Gasteiger partial charge in [0.25, 0.3) is 0 Å². The van der Waals surface area contributed by atoms with E-state index in [0.29, 0.717) is 25.3 Å². The Kier molecular flexibility index (Phi) is 8.21. The van der Waals surface area contributed by atoms with Crippen molar-refractivity contribution in [3.05, 3.63) is 23.8 Å². The minimum absolute atomic E-state index is 0.0358. The third-order valence-electron chi connectivity index (χ3n) is 3.78. The molecule has 7 nitrogen and oxygen atoms in total. The van der Waals surface area contributed by atoms with E-state index in [-0.39, 0.29) is 11.9 Å². The highest BCUT2D eigenvalue weighted by molar-refractivity contribution is 5.89. The summed E-state index contributed by atoms with van der Waals surface area (Å²) >= 11 is 0. The smallest absolute Gasteiger partial charge is 0.319 e. The summed E-state index contributed by atoms with van der Waals surface area (Å²) in [6.45, 7) is 5.98. The van der Waals surface area contributed by atoms with Crippen molar-refractivity contribution in [2.45, 2.75) is 20.4 Å². The molecule has 0 aliphatic carbocycles. The van der Waals surface area contributed by atoms with Crippen LogP contribution in [0.15, 0.2) is 18.2 Å². The molecule has 1 aromatic rings. The second-order valence-corrected chi connectivity index (χ2v) is 6.47. The van der Waals surface area contributed by atoms with Crippen LogP contribution in [0.5, 0.6) is 0 Å². The summed E-state index contributed by atoms with van der Waals surface area (Å²) in [6.07, 6.45) is 0. The van der Waals surface area contributed by atoms with E-state index in [4.69, 9.17) is 0 Å².